The van der Waals surface area contributed by atoms with E-state index in [0.717, 1.165) is 18.0 Å². The molecule has 1 aromatic carbocycles. The molecule has 0 unspecified atom stereocenters. The molecular weight excluding hydrogens is 240 g/mol. The van der Waals surface area contributed by atoms with E-state index >= 15 is 0 Å². The molecule has 2 fully saturated rings. The summed E-state index contributed by atoms with van der Waals surface area (Å²) in [4.78, 5) is 13.8. The van der Waals surface area contributed by atoms with Crippen LogP contribution in [0.15, 0.2) is 30.3 Å². The second kappa shape index (κ2) is 5.21. The summed E-state index contributed by atoms with van der Waals surface area (Å²) in [5, 5.41) is 0. The van der Waals surface area contributed by atoms with Crippen LogP contribution < -0.4 is 5.73 Å². The third-order valence-electron chi connectivity index (χ3n) is 4.10. The van der Waals surface area contributed by atoms with Gasteiger partial charge >= 0.3 is 6.09 Å². The van der Waals surface area contributed by atoms with Crippen molar-refractivity contribution >= 4 is 6.09 Å². The minimum atomic E-state index is -0.234. The van der Waals surface area contributed by atoms with Gasteiger partial charge in [0.1, 0.15) is 6.61 Å². The average Bonchev–Trinajstić information content (AvgIpc) is 3.20. The summed E-state index contributed by atoms with van der Waals surface area (Å²) in [6, 6.07) is 9.87. The van der Waals surface area contributed by atoms with Crippen molar-refractivity contribution in [2.75, 3.05) is 13.1 Å². The van der Waals surface area contributed by atoms with Crippen molar-refractivity contribution in [1.29, 1.82) is 0 Å². The van der Waals surface area contributed by atoms with Gasteiger partial charge in [0.2, 0.25) is 0 Å². The third kappa shape index (κ3) is 2.89. The minimum absolute atomic E-state index is 0.122. The molecule has 0 spiro atoms. The van der Waals surface area contributed by atoms with Crippen LogP contribution in [-0.4, -0.2) is 30.1 Å². The SMILES string of the molecule is N[C@H]1CN(C(=O)OCc2ccccc2)C[C@H]1C1CC1. The van der Waals surface area contributed by atoms with Crippen molar-refractivity contribution in [2.45, 2.75) is 25.5 Å². The predicted octanol–water partition coefficient (Wildman–Crippen LogP) is 1.99. The largest absolute Gasteiger partial charge is 0.445 e. The van der Waals surface area contributed by atoms with Gasteiger partial charge in [-0.05, 0) is 30.2 Å². The first-order valence-electron chi connectivity index (χ1n) is 6.95. The van der Waals surface area contributed by atoms with Crippen LogP contribution in [0, 0.1) is 11.8 Å². The Morgan fingerprint density at radius 3 is 2.68 bits per heavy atom. The van der Waals surface area contributed by atoms with Gasteiger partial charge in [-0.1, -0.05) is 30.3 Å². The first kappa shape index (κ1) is 12.5. The van der Waals surface area contributed by atoms with Crippen LogP contribution in [0.25, 0.3) is 0 Å². The number of hydrogen-bond donors (Lipinski definition) is 1. The number of carbonyl (C=O) groups is 1. The molecule has 4 heteroatoms. The molecule has 1 heterocycles. The van der Waals surface area contributed by atoms with Crippen LogP contribution in [0.3, 0.4) is 0 Å². The molecule has 4 nitrogen and oxygen atoms in total. The summed E-state index contributed by atoms with van der Waals surface area (Å²) in [5.41, 5.74) is 7.12. The van der Waals surface area contributed by atoms with Crippen LogP contribution in [0.2, 0.25) is 0 Å². The van der Waals surface area contributed by atoms with Crippen molar-refractivity contribution in [3.05, 3.63) is 35.9 Å². The standard InChI is InChI=1S/C15H20N2O2/c16-14-9-17(8-13(14)12-6-7-12)15(18)19-10-11-4-2-1-3-5-11/h1-5,12-14H,6-10,16H2/t13-,14-/m0/s1. The maximum absolute atomic E-state index is 12.0. The third-order valence-corrected chi connectivity index (χ3v) is 4.10. The fraction of sp³-hybridized carbons (Fsp3) is 0.533. The molecule has 1 aromatic rings. The highest BCUT2D eigenvalue weighted by Gasteiger charge is 2.42. The van der Waals surface area contributed by atoms with Crippen molar-refractivity contribution in [2.24, 2.45) is 17.6 Å². The first-order valence-corrected chi connectivity index (χ1v) is 6.95. The van der Waals surface area contributed by atoms with Crippen LogP contribution in [0.4, 0.5) is 4.79 Å². The number of amides is 1. The van der Waals surface area contributed by atoms with E-state index in [4.69, 9.17) is 10.5 Å². The molecule has 102 valence electrons. The number of hydrogen-bond acceptors (Lipinski definition) is 3. The van der Waals surface area contributed by atoms with Crippen molar-refractivity contribution in [3.63, 3.8) is 0 Å². The van der Waals surface area contributed by atoms with Gasteiger partial charge < -0.3 is 15.4 Å². The zero-order valence-corrected chi connectivity index (χ0v) is 11.0. The molecule has 1 amide bonds. The molecule has 1 saturated heterocycles. The van der Waals surface area contributed by atoms with Crippen molar-refractivity contribution in [1.82, 2.24) is 4.90 Å². The lowest BCUT2D eigenvalue weighted by atomic mass is 9.99. The molecule has 0 aromatic heterocycles. The first-order chi connectivity index (χ1) is 9.24. The van der Waals surface area contributed by atoms with Crippen LogP contribution in [0.5, 0.6) is 0 Å². The fourth-order valence-corrected chi connectivity index (χ4v) is 2.84. The second-order valence-corrected chi connectivity index (χ2v) is 5.61. The summed E-state index contributed by atoms with van der Waals surface area (Å²) in [6.45, 7) is 1.73. The zero-order chi connectivity index (χ0) is 13.2. The van der Waals surface area contributed by atoms with Gasteiger partial charge in [0.05, 0.1) is 0 Å². The highest BCUT2D eigenvalue weighted by atomic mass is 16.6. The molecule has 2 N–H and O–H groups in total. The Morgan fingerprint density at radius 2 is 2.00 bits per heavy atom. The van der Waals surface area contributed by atoms with Crippen molar-refractivity contribution < 1.29 is 9.53 Å². The van der Waals surface area contributed by atoms with Gasteiger partial charge in [0.25, 0.3) is 0 Å². The number of benzene rings is 1. The molecule has 1 saturated carbocycles. The van der Waals surface area contributed by atoms with E-state index in [9.17, 15) is 4.79 Å². The topological polar surface area (TPSA) is 55.6 Å². The van der Waals surface area contributed by atoms with Gasteiger partial charge in [0, 0.05) is 19.1 Å². The van der Waals surface area contributed by atoms with Crippen LogP contribution in [-0.2, 0) is 11.3 Å². The molecule has 0 bridgehead atoms. The van der Waals surface area contributed by atoms with Gasteiger partial charge in [-0.25, -0.2) is 4.79 Å². The number of likely N-dealkylation sites (tertiary alicyclic amines) is 1. The molecule has 2 aliphatic rings. The van der Waals surface area contributed by atoms with E-state index in [-0.39, 0.29) is 12.1 Å². The molecule has 19 heavy (non-hydrogen) atoms. The lowest BCUT2D eigenvalue weighted by molar-refractivity contribution is 0.102. The number of nitrogens with two attached hydrogens (primary N) is 1. The molecule has 1 aliphatic heterocycles. The van der Waals surface area contributed by atoms with E-state index in [2.05, 4.69) is 0 Å². The Hall–Kier alpha value is -1.55. The molecule has 1 aliphatic carbocycles. The Kier molecular flexibility index (Phi) is 3.42. The fourth-order valence-electron chi connectivity index (χ4n) is 2.84. The van der Waals surface area contributed by atoms with Gasteiger partial charge in [-0.3, -0.25) is 0 Å². The van der Waals surface area contributed by atoms with E-state index in [1.807, 2.05) is 30.3 Å². The highest BCUT2D eigenvalue weighted by Crippen LogP contribution is 2.40. The molecule has 0 radical (unpaired) electrons. The Bertz CT molecular complexity index is 445. The summed E-state index contributed by atoms with van der Waals surface area (Å²) in [6.07, 6.45) is 2.30. The van der Waals surface area contributed by atoms with Gasteiger partial charge in [0.15, 0.2) is 0 Å². The van der Waals surface area contributed by atoms with E-state index in [0.29, 0.717) is 19.1 Å². The number of rotatable bonds is 3. The van der Waals surface area contributed by atoms with E-state index in [1.54, 1.807) is 4.90 Å². The second-order valence-electron chi connectivity index (χ2n) is 5.61. The molecule has 3 rings (SSSR count). The maximum atomic E-state index is 12.0. The lowest BCUT2D eigenvalue weighted by Gasteiger charge is -2.16. The maximum Gasteiger partial charge on any atom is 0.410 e. The number of ether oxygens (including phenoxy) is 1. The normalized spacial score (nSPS) is 26.5. The summed E-state index contributed by atoms with van der Waals surface area (Å²) in [7, 11) is 0. The Balaban J connectivity index is 1.51. The number of nitrogens with zero attached hydrogens (tertiary/aromatic N) is 1. The van der Waals surface area contributed by atoms with Crippen molar-refractivity contribution in [3.8, 4) is 0 Å². The Morgan fingerprint density at radius 1 is 1.26 bits per heavy atom. The van der Waals surface area contributed by atoms with Crippen LogP contribution >= 0.6 is 0 Å². The average molecular weight is 260 g/mol. The van der Waals surface area contributed by atoms with Gasteiger partial charge in [-0.2, -0.15) is 0 Å². The van der Waals surface area contributed by atoms with Gasteiger partial charge in [-0.15, -0.1) is 0 Å². The quantitative estimate of drug-likeness (QED) is 0.904. The highest BCUT2D eigenvalue weighted by molar-refractivity contribution is 5.68. The molecular formula is C15H20N2O2. The lowest BCUT2D eigenvalue weighted by Crippen LogP contribution is -2.32. The van der Waals surface area contributed by atoms with E-state index in [1.165, 1.54) is 12.8 Å². The minimum Gasteiger partial charge on any atom is -0.445 e. The molecule has 2 atom stereocenters. The summed E-state index contributed by atoms with van der Waals surface area (Å²) >= 11 is 0. The smallest absolute Gasteiger partial charge is 0.410 e. The predicted molar refractivity (Wildman–Crippen MR) is 72.4 cm³/mol. The van der Waals surface area contributed by atoms with Crippen LogP contribution in [0.1, 0.15) is 18.4 Å². The zero-order valence-electron chi connectivity index (χ0n) is 11.0. The monoisotopic (exact) mass is 260 g/mol. The summed E-state index contributed by atoms with van der Waals surface area (Å²) < 4.78 is 5.34. The number of carbonyl (C=O) groups excluding carboxylic acids is 1. The van der Waals surface area contributed by atoms with E-state index < -0.39 is 0 Å². The summed E-state index contributed by atoms with van der Waals surface area (Å²) in [5.74, 6) is 1.21. The Labute approximate surface area is 113 Å².